The van der Waals surface area contributed by atoms with Gasteiger partial charge in [-0.1, -0.05) is 23.2 Å². The Kier molecular flexibility index (Phi) is 14.6. The summed E-state index contributed by atoms with van der Waals surface area (Å²) in [6.07, 6.45) is -0.569. The molecule has 2 unspecified atom stereocenters. The van der Waals surface area contributed by atoms with Crippen LogP contribution in [0.3, 0.4) is 0 Å². The standard InChI is InChI=1S/C17H18ClN5O3.C14H13ClN4O2.C3H6ClNO.ClH/c1-9-13(26-17(25)22(2)3)12(16(24)19-9)15-20-14(21-23(15)4)10-5-7-11(18)8-6-10;1-7-11(20)10(14(21)16-7)13-17-12(18-19(13)2)8-3-5-9(15)6-4-8;1-5(2)3(4)6;/h5-9H,1-4H3,(H,19,24);3-7,20H,1-2H3,(H,16,21);1-2H3;1H. The zero-order valence-corrected chi connectivity index (χ0v) is 33.5. The summed E-state index contributed by atoms with van der Waals surface area (Å²) < 4.78 is 8.36. The molecule has 0 saturated heterocycles. The number of halogens is 4. The fourth-order valence-electron chi connectivity index (χ4n) is 4.73. The van der Waals surface area contributed by atoms with E-state index in [9.17, 15) is 24.3 Å². The van der Waals surface area contributed by atoms with Gasteiger partial charge in [0.1, 0.15) is 22.7 Å². The molecule has 4 heterocycles. The molecule has 16 nitrogen and oxygen atoms in total. The van der Waals surface area contributed by atoms with Gasteiger partial charge in [0, 0.05) is 63.5 Å². The van der Waals surface area contributed by atoms with Gasteiger partial charge in [0.2, 0.25) is 0 Å². The van der Waals surface area contributed by atoms with E-state index in [-0.39, 0.29) is 46.9 Å². The smallest absolute Gasteiger partial charge is 0.414 e. The lowest BCUT2D eigenvalue weighted by Crippen LogP contribution is -2.29. The zero-order chi connectivity index (χ0) is 39.3. The third kappa shape index (κ3) is 10.1. The summed E-state index contributed by atoms with van der Waals surface area (Å²) in [5.41, 5.74) is 1.91. The average molecular weight is 825 g/mol. The van der Waals surface area contributed by atoms with Crippen molar-refractivity contribution < 1.29 is 29.0 Å². The molecule has 2 aliphatic rings. The number of benzene rings is 2. The normalized spacial score (nSPS) is 16.0. The van der Waals surface area contributed by atoms with Crippen LogP contribution in [0.25, 0.3) is 33.9 Å². The second kappa shape index (κ2) is 18.2. The van der Waals surface area contributed by atoms with Crippen molar-refractivity contribution in [3.63, 3.8) is 0 Å². The number of amides is 4. The lowest BCUT2D eigenvalue weighted by Gasteiger charge is -2.14. The predicted molar refractivity (Wildman–Crippen MR) is 207 cm³/mol. The predicted octanol–water partition coefficient (Wildman–Crippen LogP) is 5.31. The second-order valence-electron chi connectivity index (χ2n) is 12.1. The van der Waals surface area contributed by atoms with Crippen LogP contribution in [0.4, 0.5) is 9.59 Å². The van der Waals surface area contributed by atoms with Gasteiger partial charge in [0.15, 0.2) is 23.3 Å². The number of carbonyl (C=O) groups is 4. The van der Waals surface area contributed by atoms with E-state index in [2.05, 4.69) is 30.8 Å². The summed E-state index contributed by atoms with van der Waals surface area (Å²) in [6.45, 7) is 3.44. The van der Waals surface area contributed by atoms with Crippen LogP contribution in [-0.2, 0) is 28.4 Å². The molecular formula is C34H38Cl4N10O6. The van der Waals surface area contributed by atoms with Crippen molar-refractivity contribution in [3.05, 3.63) is 81.7 Å². The molecule has 0 fully saturated rings. The number of nitrogens with one attached hydrogen (secondary N) is 2. The van der Waals surface area contributed by atoms with Crippen LogP contribution < -0.4 is 10.6 Å². The molecule has 2 atom stereocenters. The van der Waals surface area contributed by atoms with E-state index in [0.717, 1.165) is 11.1 Å². The molecule has 0 saturated carbocycles. The Morgan fingerprint density at radius 3 is 1.50 bits per heavy atom. The van der Waals surface area contributed by atoms with Crippen LogP contribution >= 0.6 is 47.2 Å². The molecule has 0 spiro atoms. The molecule has 0 radical (unpaired) electrons. The molecule has 20 heteroatoms. The SMILES string of the molecule is CC1NC(=O)C(c2nc(-c3ccc(Cl)cc3)nn2C)=C1O.CC1NC(=O)C(c2nc(-c3ccc(Cl)cc3)nn2C)=C1OC(=O)N(C)C.CN(C)C(=O)Cl.Cl. The molecule has 0 aliphatic carbocycles. The van der Waals surface area contributed by atoms with E-state index < -0.39 is 23.5 Å². The maximum atomic E-state index is 12.4. The maximum absolute atomic E-state index is 12.4. The Hall–Kier alpha value is -5.16. The second-order valence-corrected chi connectivity index (χ2v) is 13.3. The fraction of sp³-hybridized carbons (Fsp3) is 0.294. The minimum Gasteiger partial charge on any atom is -0.509 e. The number of aryl methyl sites for hydroxylation is 2. The number of rotatable bonds is 5. The first-order valence-electron chi connectivity index (χ1n) is 15.8. The molecule has 6 rings (SSSR count). The van der Waals surface area contributed by atoms with Gasteiger partial charge >= 0.3 is 11.5 Å². The van der Waals surface area contributed by atoms with Gasteiger partial charge in [-0.05, 0) is 74.0 Å². The Balaban J connectivity index is 0.000000252. The van der Waals surface area contributed by atoms with Crippen LogP contribution in [0.5, 0.6) is 0 Å². The fourth-order valence-corrected chi connectivity index (χ4v) is 4.98. The lowest BCUT2D eigenvalue weighted by molar-refractivity contribution is -0.116. The highest BCUT2D eigenvalue weighted by atomic mass is 35.5. The van der Waals surface area contributed by atoms with Crippen molar-refractivity contribution in [3.8, 4) is 22.8 Å². The molecule has 2 aliphatic heterocycles. The van der Waals surface area contributed by atoms with E-state index in [4.69, 9.17) is 39.5 Å². The minimum absolute atomic E-state index is 0. The minimum atomic E-state index is -0.569. The first-order valence-corrected chi connectivity index (χ1v) is 16.9. The average Bonchev–Trinajstić information content (AvgIpc) is 3.81. The molecular weight excluding hydrogens is 786 g/mol. The van der Waals surface area contributed by atoms with Crippen molar-refractivity contribution in [1.29, 1.82) is 0 Å². The number of aromatic nitrogens is 6. The highest BCUT2D eigenvalue weighted by Crippen LogP contribution is 2.29. The molecule has 4 amide bonds. The summed E-state index contributed by atoms with van der Waals surface area (Å²) in [5.74, 6) is 1.06. The molecule has 54 heavy (non-hydrogen) atoms. The molecule has 288 valence electrons. The van der Waals surface area contributed by atoms with Gasteiger partial charge in [0.05, 0.1) is 12.1 Å². The zero-order valence-electron chi connectivity index (χ0n) is 30.4. The number of hydrogen-bond acceptors (Lipinski definition) is 10. The third-order valence-electron chi connectivity index (χ3n) is 7.55. The van der Waals surface area contributed by atoms with Gasteiger partial charge in [-0.25, -0.2) is 24.1 Å². The molecule has 4 aromatic rings. The first kappa shape index (κ1) is 43.2. The summed E-state index contributed by atoms with van der Waals surface area (Å²) in [4.78, 5) is 57.5. The van der Waals surface area contributed by atoms with E-state index in [1.807, 2.05) is 0 Å². The van der Waals surface area contributed by atoms with Gasteiger partial charge in [-0.15, -0.1) is 12.4 Å². The largest absolute Gasteiger partial charge is 0.509 e. The van der Waals surface area contributed by atoms with E-state index in [1.54, 1.807) is 105 Å². The lowest BCUT2D eigenvalue weighted by atomic mass is 10.2. The van der Waals surface area contributed by atoms with Crippen molar-refractivity contribution >= 4 is 81.6 Å². The number of aliphatic hydroxyl groups is 1. The number of nitrogens with zero attached hydrogens (tertiary/aromatic N) is 8. The van der Waals surface area contributed by atoms with Crippen LogP contribution in [0, 0.1) is 0 Å². The molecule has 2 aromatic carbocycles. The van der Waals surface area contributed by atoms with E-state index in [1.165, 1.54) is 19.2 Å². The highest BCUT2D eigenvalue weighted by Gasteiger charge is 2.36. The van der Waals surface area contributed by atoms with Crippen LogP contribution in [0.2, 0.25) is 10.0 Å². The summed E-state index contributed by atoms with van der Waals surface area (Å²) in [7, 11) is 9.68. The summed E-state index contributed by atoms with van der Waals surface area (Å²) in [6, 6.07) is 13.3. The highest BCUT2D eigenvalue weighted by molar-refractivity contribution is 6.62. The van der Waals surface area contributed by atoms with Crippen molar-refractivity contribution in [2.45, 2.75) is 25.9 Å². The molecule has 2 aromatic heterocycles. The van der Waals surface area contributed by atoms with Crippen LogP contribution in [-0.4, -0.2) is 108 Å². The number of ether oxygens (including phenoxy) is 1. The quantitative estimate of drug-likeness (QED) is 0.176. The van der Waals surface area contributed by atoms with Gasteiger partial charge in [0.25, 0.3) is 11.8 Å². The van der Waals surface area contributed by atoms with E-state index >= 15 is 0 Å². The monoisotopic (exact) mass is 822 g/mol. The van der Waals surface area contributed by atoms with Gasteiger partial charge in [-0.3, -0.25) is 14.4 Å². The number of hydrogen-bond donors (Lipinski definition) is 3. The Bertz CT molecular complexity index is 2090. The molecule has 3 N–H and O–H groups in total. The van der Waals surface area contributed by atoms with Gasteiger partial charge < -0.3 is 30.3 Å². The Morgan fingerprint density at radius 1 is 0.741 bits per heavy atom. The van der Waals surface area contributed by atoms with Crippen molar-refractivity contribution in [2.24, 2.45) is 14.1 Å². The van der Waals surface area contributed by atoms with Crippen LogP contribution in [0.1, 0.15) is 25.5 Å². The molecule has 0 bridgehead atoms. The maximum Gasteiger partial charge on any atom is 0.414 e. The number of carbonyl (C=O) groups excluding carboxylic acids is 4. The summed E-state index contributed by atoms with van der Waals surface area (Å²) >= 11 is 16.7. The summed E-state index contributed by atoms with van der Waals surface area (Å²) in [5, 5.41) is 24.8. The Labute approximate surface area is 332 Å². The number of aliphatic hydroxyl groups excluding tert-OH is 1. The van der Waals surface area contributed by atoms with E-state index in [0.29, 0.717) is 33.3 Å². The first-order chi connectivity index (χ1) is 24.9. The van der Waals surface area contributed by atoms with Crippen LogP contribution in [0.15, 0.2) is 60.0 Å². The van der Waals surface area contributed by atoms with Gasteiger partial charge in [-0.2, -0.15) is 10.2 Å². The van der Waals surface area contributed by atoms with Crippen molar-refractivity contribution in [1.82, 2.24) is 50.0 Å². The third-order valence-corrected chi connectivity index (χ3v) is 8.39. The van der Waals surface area contributed by atoms with Crippen molar-refractivity contribution in [2.75, 3.05) is 28.2 Å². The Morgan fingerprint density at radius 2 is 1.13 bits per heavy atom. The topological polar surface area (TPSA) is 190 Å².